The van der Waals surface area contributed by atoms with Crippen molar-refractivity contribution in [3.8, 4) is 5.75 Å². The maximum Gasteiger partial charge on any atom is 0.257 e. The van der Waals surface area contributed by atoms with Gasteiger partial charge in [-0.3, -0.25) is 14.4 Å². The van der Waals surface area contributed by atoms with Gasteiger partial charge in [0.05, 0.1) is 11.6 Å². The summed E-state index contributed by atoms with van der Waals surface area (Å²) in [4.78, 5) is 37.5. The van der Waals surface area contributed by atoms with Crippen LogP contribution in [0.25, 0.3) is 0 Å². The number of hydrogen-bond acceptors (Lipinski definition) is 4. The van der Waals surface area contributed by atoms with Crippen molar-refractivity contribution in [1.82, 2.24) is 15.5 Å². The molecule has 32 heavy (non-hydrogen) atoms. The van der Waals surface area contributed by atoms with Crippen LogP contribution in [0.4, 0.5) is 4.39 Å². The molecule has 0 aliphatic heterocycles. The Bertz CT molecular complexity index is 999. The summed E-state index contributed by atoms with van der Waals surface area (Å²) in [5.41, 5.74) is 0.790. The van der Waals surface area contributed by atoms with Crippen LogP contribution in [0.5, 0.6) is 5.75 Å². The first-order valence-corrected chi connectivity index (χ1v) is 10.2. The van der Waals surface area contributed by atoms with Crippen LogP contribution in [0.2, 0.25) is 10.0 Å². The number of amides is 3. The summed E-state index contributed by atoms with van der Waals surface area (Å²) in [5, 5.41) is 5.65. The SMILES string of the molecule is C=C(CCNC(=O)COc1ccc(Cl)c(F)c1)NC(=O)CN(C)C(=O)c1ccc(Cl)cc1. The van der Waals surface area contributed by atoms with Gasteiger partial charge in [0.25, 0.3) is 11.8 Å². The number of benzene rings is 2. The van der Waals surface area contributed by atoms with Crippen LogP contribution in [0, 0.1) is 5.82 Å². The summed E-state index contributed by atoms with van der Waals surface area (Å²) in [6, 6.07) is 10.2. The van der Waals surface area contributed by atoms with E-state index in [2.05, 4.69) is 17.2 Å². The highest BCUT2D eigenvalue weighted by atomic mass is 35.5. The van der Waals surface area contributed by atoms with E-state index in [1.54, 1.807) is 24.3 Å². The van der Waals surface area contributed by atoms with Gasteiger partial charge in [0.2, 0.25) is 5.91 Å². The summed E-state index contributed by atoms with van der Waals surface area (Å²) in [5.74, 6) is -1.63. The van der Waals surface area contributed by atoms with Crippen molar-refractivity contribution < 1.29 is 23.5 Å². The Kier molecular flexibility index (Phi) is 9.49. The van der Waals surface area contributed by atoms with Crippen LogP contribution < -0.4 is 15.4 Å². The molecule has 10 heteroatoms. The van der Waals surface area contributed by atoms with Crippen molar-refractivity contribution in [3.63, 3.8) is 0 Å². The van der Waals surface area contributed by atoms with Crippen molar-refractivity contribution >= 4 is 40.9 Å². The summed E-state index contributed by atoms with van der Waals surface area (Å²) in [6.45, 7) is 3.46. The lowest BCUT2D eigenvalue weighted by atomic mass is 10.2. The highest BCUT2D eigenvalue weighted by Crippen LogP contribution is 2.20. The number of ether oxygens (including phenoxy) is 1. The van der Waals surface area contributed by atoms with E-state index in [9.17, 15) is 18.8 Å². The highest BCUT2D eigenvalue weighted by molar-refractivity contribution is 6.31. The second-order valence-electron chi connectivity index (χ2n) is 6.78. The second-order valence-corrected chi connectivity index (χ2v) is 7.63. The first kappa shape index (κ1) is 25.2. The van der Waals surface area contributed by atoms with Gasteiger partial charge in [0, 0.05) is 42.4 Å². The average Bonchev–Trinajstić information content (AvgIpc) is 2.74. The number of nitrogens with one attached hydrogen (secondary N) is 2. The van der Waals surface area contributed by atoms with Gasteiger partial charge in [0.1, 0.15) is 11.6 Å². The molecule has 0 unspecified atom stereocenters. The fourth-order valence-electron chi connectivity index (χ4n) is 2.52. The Balaban J connectivity index is 1.66. The molecule has 0 atom stereocenters. The van der Waals surface area contributed by atoms with E-state index in [-0.39, 0.29) is 42.8 Å². The lowest BCUT2D eigenvalue weighted by molar-refractivity contribution is -0.123. The molecule has 0 aliphatic rings. The topological polar surface area (TPSA) is 87.7 Å². The van der Waals surface area contributed by atoms with E-state index < -0.39 is 17.6 Å². The summed E-state index contributed by atoms with van der Waals surface area (Å²) in [7, 11) is 1.51. The number of carbonyl (C=O) groups excluding carboxylic acids is 3. The molecule has 0 radical (unpaired) electrons. The van der Waals surface area contributed by atoms with Crippen LogP contribution in [0.3, 0.4) is 0 Å². The fraction of sp³-hybridized carbons (Fsp3) is 0.227. The van der Waals surface area contributed by atoms with Gasteiger partial charge in [-0.05, 0) is 36.4 Å². The molecule has 0 fully saturated rings. The standard InChI is InChI=1S/C22H22Cl2FN3O4/c1-14(9-10-26-21(30)13-32-17-7-8-18(24)19(25)11-17)27-20(29)12-28(2)22(31)15-3-5-16(23)6-4-15/h3-8,11H,1,9-10,12-13H2,2H3,(H,26,30)(H,27,29). The zero-order chi connectivity index (χ0) is 23.7. The fourth-order valence-corrected chi connectivity index (χ4v) is 2.76. The molecular weight excluding hydrogens is 460 g/mol. The predicted octanol–water partition coefficient (Wildman–Crippen LogP) is 3.42. The van der Waals surface area contributed by atoms with Gasteiger partial charge in [-0.25, -0.2) is 4.39 Å². The third-order valence-corrected chi connectivity index (χ3v) is 4.70. The molecule has 0 saturated carbocycles. The maximum absolute atomic E-state index is 13.3. The summed E-state index contributed by atoms with van der Waals surface area (Å²) < 4.78 is 18.5. The Labute approximate surface area is 195 Å². The van der Waals surface area contributed by atoms with E-state index in [1.165, 1.54) is 24.1 Å². The van der Waals surface area contributed by atoms with Gasteiger partial charge in [0.15, 0.2) is 6.61 Å². The van der Waals surface area contributed by atoms with Gasteiger partial charge in [-0.1, -0.05) is 29.8 Å². The monoisotopic (exact) mass is 481 g/mol. The van der Waals surface area contributed by atoms with Gasteiger partial charge in [-0.2, -0.15) is 0 Å². The van der Waals surface area contributed by atoms with Gasteiger partial charge >= 0.3 is 0 Å². The normalized spacial score (nSPS) is 10.2. The number of rotatable bonds is 10. The Morgan fingerprint density at radius 3 is 2.44 bits per heavy atom. The van der Waals surface area contributed by atoms with Crippen molar-refractivity contribution in [3.05, 3.63) is 76.2 Å². The zero-order valence-electron chi connectivity index (χ0n) is 17.3. The molecular formula is C22H22Cl2FN3O4. The van der Waals surface area contributed by atoms with Gasteiger partial charge < -0.3 is 20.3 Å². The van der Waals surface area contributed by atoms with E-state index in [0.717, 1.165) is 6.07 Å². The molecule has 7 nitrogen and oxygen atoms in total. The maximum atomic E-state index is 13.3. The largest absolute Gasteiger partial charge is 0.484 e. The summed E-state index contributed by atoms with van der Waals surface area (Å²) in [6.07, 6.45) is 0.280. The minimum atomic E-state index is -0.642. The lowest BCUT2D eigenvalue weighted by Gasteiger charge is -2.17. The summed E-state index contributed by atoms with van der Waals surface area (Å²) >= 11 is 11.4. The smallest absolute Gasteiger partial charge is 0.257 e. The van der Waals surface area contributed by atoms with Crippen LogP contribution >= 0.6 is 23.2 Å². The lowest BCUT2D eigenvalue weighted by Crippen LogP contribution is -2.38. The first-order chi connectivity index (χ1) is 15.2. The number of carbonyl (C=O) groups is 3. The quantitative estimate of drug-likeness (QED) is 0.544. The third kappa shape index (κ3) is 8.20. The average molecular weight is 482 g/mol. The molecule has 2 aromatic rings. The van der Waals surface area contributed by atoms with Crippen LogP contribution in [0.15, 0.2) is 54.7 Å². The predicted molar refractivity (Wildman–Crippen MR) is 120 cm³/mol. The Morgan fingerprint density at radius 1 is 1.09 bits per heavy atom. The molecule has 3 amide bonds. The minimum Gasteiger partial charge on any atom is -0.484 e. The molecule has 2 aromatic carbocycles. The Morgan fingerprint density at radius 2 is 1.78 bits per heavy atom. The number of halogens is 3. The molecule has 170 valence electrons. The van der Waals surface area contributed by atoms with Crippen LogP contribution in [-0.2, 0) is 9.59 Å². The van der Waals surface area contributed by atoms with E-state index in [1.807, 2.05) is 0 Å². The number of hydrogen-bond donors (Lipinski definition) is 2. The number of nitrogens with zero attached hydrogens (tertiary/aromatic N) is 1. The molecule has 0 aliphatic carbocycles. The number of likely N-dealkylation sites (N-methyl/N-ethyl adjacent to an activating group) is 1. The van der Waals surface area contributed by atoms with Crippen LogP contribution in [-0.4, -0.2) is 49.4 Å². The van der Waals surface area contributed by atoms with E-state index in [0.29, 0.717) is 16.3 Å². The van der Waals surface area contributed by atoms with E-state index in [4.69, 9.17) is 27.9 Å². The van der Waals surface area contributed by atoms with Crippen molar-refractivity contribution in [2.45, 2.75) is 6.42 Å². The van der Waals surface area contributed by atoms with Crippen molar-refractivity contribution in [2.24, 2.45) is 0 Å². The highest BCUT2D eigenvalue weighted by Gasteiger charge is 2.15. The minimum absolute atomic E-state index is 0.0390. The zero-order valence-corrected chi connectivity index (χ0v) is 18.8. The van der Waals surface area contributed by atoms with Crippen LogP contribution in [0.1, 0.15) is 16.8 Å². The molecule has 0 bridgehead atoms. The molecule has 0 saturated heterocycles. The van der Waals surface area contributed by atoms with E-state index >= 15 is 0 Å². The van der Waals surface area contributed by atoms with Gasteiger partial charge in [-0.15, -0.1) is 0 Å². The molecule has 2 N–H and O–H groups in total. The van der Waals surface area contributed by atoms with Crippen molar-refractivity contribution in [1.29, 1.82) is 0 Å². The first-order valence-electron chi connectivity index (χ1n) is 9.49. The third-order valence-electron chi connectivity index (χ3n) is 4.14. The Hall–Kier alpha value is -3.10. The second kappa shape index (κ2) is 12.1. The molecule has 0 aromatic heterocycles. The van der Waals surface area contributed by atoms with Crippen molar-refractivity contribution in [2.75, 3.05) is 26.7 Å². The molecule has 2 rings (SSSR count). The molecule has 0 heterocycles. The molecule has 0 spiro atoms.